The molecule has 1 unspecified atom stereocenters. The molecule has 0 spiro atoms. The van der Waals surface area contributed by atoms with Crippen molar-refractivity contribution in [2.45, 2.75) is 45.6 Å². The van der Waals surface area contributed by atoms with Gasteiger partial charge in [0.15, 0.2) is 0 Å². The van der Waals surface area contributed by atoms with Crippen LogP contribution in [-0.4, -0.2) is 25.9 Å². The molecule has 0 heterocycles. The third-order valence-electron chi connectivity index (χ3n) is 3.15. The molecule has 0 aliphatic rings. The lowest BCUT2D eigenvalue weighted by Crippen LogP contribution is -2.21. The Balaban J connectivity index is 2.36. The first-order chi connectivity index (χ1) is 9.67. The van der Waals surface area contributed by atoms with E-state index in [1.165, 1.54) is 0 Å². The molecule has 0 saturated heterocycles. The van der Waals surface area contributed by atoms with Crippen LogP contribution in [-0.2, 0) is 11.2 Å². The van der Waals surface area contributed by atoms with Crippen molar-refractivity contribution in [3.05, 3.63) is 28.8 Å². The molecular weight excluding hydrogens is 274 g/mol. The Morgan fingerprint density at radius 3 is 2.65 bits per heavy atom. The molecule has 0 aliphatic heterocycles. The van der Waals surface area contributed by atoms with Gasteiger partial charge < -0.3 is 15.2 Å². The van der Waals surface area contributed by atoms with Crippen LogP contribution in [0.3, 0.4) is 0 Å². The van der Waals surface area contributed by atoms with E-state index in [-0.39, 0.29) is 6.04 Å². The lowest BCUT2D eigenvalue weighted by atomic mass is 10.0. The average Bonchev–Trinajstić information content (AvgIpc) is 2.44. The summed E-state index contributed by atoms with van der Waals surface area (Å²) >= 11 is 6.21. The van der Waals surface area contributed by atoms with Crippen LogP contribution in [0.15, 0.2) is 18.2 Å². The number of halogens is 1. The van der Waals surface area contributed by atoms with Crippen LogP contribution < -0.4 is 10.5 Å². The molecule has 114 valence electrons. The van der Waals surface area contributed by atoms with E-state index in [1.54, 1.807) is 0 Å². The Morgan fingerprint density at radius 1 is 1.20 bits per heavy atom. The Bertz CT molecular complexity index is 385. The van der Waals surface area contributed by atoms with Crippen molar-refractivity contribution < 1.29 is 9.47 Å². The molecular formula is C16H26ClNO2. The van der Waals surface area contributed by atoms with Crippen LogP contribution in [0, 0.1) is 0 Å². The monoisotopic (exact) mass is 299 g/mol. The second-order valence-corrected chi connectivity index (χ2v) is 5.36. The zero-order valence-corrected chi connectivity index (χ0v) is 13.3. The predicted octanol–water partition coefficient (Wildman–Crippen LogP) is 3.82. The molecule has 0 saturated carbocycles. The first-order valence-electron chi connectivity index (χ1n) is 7.41. The van der Waals surface area contributed by atoms with Gasteiger partial charge in [0.25, 0.3) is 0 Å². The summed E-state index contributed by atoms with van der Waals surface area (Å²) in [5, 5.41) is 0.638. The van der Waals surface area contributed by atoms with E-state index in [0.717, 1.165) is 37.9 Å². The molecule has 3 nitrogen and oxygen atoms in total. The highest BCUT2D eigenvalue weighted by Crippen LogP contribution is 2.26. The molecule has 0 radical (unpaired) electrons. The molecule has 1 atom stereocenters. The molecule has 1 aromatic carbocycles. The quantitative estimate of drug-likeness (QED) is 0.668. The molecule has 2 N–H and O–H groups in total. The highest BCUT2D eigenvalue weighted by Gasteiger charge is 2.06. The smallest absolute Gasteiger partial charge is 0.138 e. The van der Waals surface area contributed by atoms with Crippen LogP contribution in [0.4, 0.5) is 0 Å². The summed E-state index contributed by atoms with van der Waals surface area (Å²) in [6.07, 6.45) is 4.04. The third kappa shape index (κ3) is 6.60. The van der Waals surface area contributed by atoms with Gasteiger partial charge >= 0.3 is 0 Å². The zero-order chi connectivity index (χ0) is 14.8. The molecule has 1 aromatic rings. The van der Waals surface area contributed by atoms with Gasteiger partial charge in [-0.15, -0.1) is 0 Å². The van der Waals surface area contributed by atoms with Gasteiger partial charge in [-0.05, 0) is 37.0 Å². The van der Waals surface area contributed by atoms with Crippen molar-refractivity contribution in [1.29, 1.82) is 0 Å². The summed E-state index contributed by atoms with van der Waals surface area (Å²) in [5.74, 6) is 0.708. The average molecular weight is 300 g/mol. The maximum absolute atomic E-state index is 6.21. The van der Waals surface area contributed by atoms with Gasteiger partial charge in [-0.2, -0.15) is 0 Å². The Kier molecular flexibility index (Phi) is 8.67. The van der Waals surface area contributed by atoms with Crippen LogP contribution in [0.5, 0.6) is 5.75 Å². The van der Waals surface area contributed by atoms with Crippen LogP contribution in [0.25, 0.3) is 0 Å². The molecule has 0 fully saturated rings. The normalized spacial score (nSPS) is 12.4. The summed E-state index contributed by atoms with van der Waals surface area (Å²) in [6, 6.07) is 6.05. The standard InChI is InChI=1S/C16H26ClNO2/c1-3-5-8-19-9-10-20-16-7-6-13(12-15(16)17)11-14(18)4-2/h6-7,12,14H,3-5,8-11,18H2,1-2H3. The van der Waals surface area contributed by atoms with E-state index in [4.69, 9.17) is 26.8 Å². The molecule has 0 aliphatic carbocycles. The molecule has 4 heteroatoms. The zero-order valence-electron chi connectivity index (χ0n) is 12.5. The molecule has 20 heavy (non-hydrogen) atoms. The predicted molar refractivity (Wildman–Crippen MR) is 84.6 cm³/mol. The minimum Gasteiger partial charge on any atom is -0.490 e. The van der Waals surface area contributed by atoms with E-state index < -0.39 is 0 Å². The fourth-order valence-corrected chi connectivity index (χ4v) is 2.05. The maximum Gasteiger partial charge on any atom is 0.138 e. The lowest BCUT2D eigenvalue weighted by Gasteiger charge is -2.12. The van der Waals surface area contributed by atoms with Crippen LogP contribution in [0.1, 0.15) is 38.7 Å². The summed E-state index contributed by atoms with van der Waals surface area (Å²) in [7, 11) is 0. The van der Waals surface area contributed by atoms with Crippen molar-refractivity contribution in [2.24, 2.45) is 5.73 Å². The third-order valence-corrected chi connectivity index (χ3v) is 3.44. The van der Waals surface area contributed by atoms with E-state index in [2.05, 4.69) is 13.8 Å². The second-order valence-electron chi connectivity index (χ2n) is 4.95. The van der Waals surface area contributed by atoms with Gasteiger partial charge in [-0.1, -0.05) is 37.9 Å². The van der Waals surface area contributed by atoms with Crippen molar-refractivity contribution in [3.8, 4) is 5.75 Å². The summed E-state index contributed by atoms with van der Waals surface area (Å²) in [6.45, 7) is 6.14. The van der Waals surface area contributed by atoms with Gasteiger partial charge in [0.05, 0.1) is 11.6 Å². The largest absolute Gasteiger partial charge is 0.490 e. The van der Waals surface area contributed by atoms with Gasteiger partial charge in [0, 0.05) is 12.6 Å². The molecule has 0 amide bonds. The second kappa shape index (κ2) is 10.0. The minimum atomic E-state index is 0.185. The van der Waals surface area contributed by atoms with Gasteiger partial charge in [0.2, 0.25) is 0 Å². The SMILES string of the molecule is CCCCOCCOc1ccc(CC(N)CC)cc1Cl. The van der Waals surface area contributed by atoms with Crippen LogP contribution >= 0.6 is 11.6 Å². The maximum atomic E-state index is 6.21. The van der Waals surface area contributed by atoms with Crippen LogP contribution in [0.2, 0.25) is 5.02 Å². The first kappa shape index (κ1) is 17.3. The van der Waals surface area contributed by atoms with Crippen molar-refractivity contribution in [3.63, 3.8) is 0 Å². The van der Waals surface area contributed by atoms with Gasteiger partial charge in [-0.3, -0.25) is 0 Å². The van der Waals surface area contributed by atoms with Crippen molar-refractivity contribution in [2.75, 3.05) is 19.8 Å². The molecule has 0 bridgehead atoms. The number of unbranched alkanes of at least 4 members (excludes halogenated alkanes) is 1. The van der Waals surface area contributed by atoms with Crippen molar-refractivity contribution in [1.82, 2.24) is 0 Å². The highest BCUT2D eigenvalue weighted by atomic mass is 35.5. The lowest BCUT2D eigenvalue weighted by molar-refractivity contribution is 0.0981. The summed E-state index contributed by atoms with van der Waals surface area (Å²) < 4.78 is 11.1. The summed E-state index contributed by atoms with van der Waals surface area (Å²) in [4.78, 5) is 0. The number of hydrogen-bond acceptors (Lipinski definition) is 3. The number of rotatable bonds is 10. The number of hydrogen-bond donors (Lipinski definition) is 1. The first-order valence-corrected chi connectivity index (χ1v) is 7.79. The van der Waals surface area contributed by atoms with Gasteiger partial charge in [-0.25, -0.2) is 0 Å². The Hall–Kier alpha value is -0.770. The topological polar surface area (TPSA) is 44.5 Å². The van der Waals surface area contributed by atoms with E-state index >= 15 is 0 Å². The van der Waals surface area contributed by atoms with E-state index in [9.17, 15) is 0 Å². The molecule has 1 rings (SSSR count). The number of ether oxygens (including phenoxy) is 2. The summed E-state index contributed by atoms with van der Waals surface area (Å²) in [5.41, 5.74) is 7.09. The minimum absolute atomic E-state index is 0.185. The fraction of sp³-hybridized carbons (Fsp3) is 0.625. The number of benzene rings is 1. The fourth-order valence-electron chi connectivity index (χ4n) is 1.79. The van der Waals surface area contributed by atoms with Gasteiger partial charge in [0.1, 0.15) is 12.4 Å². The van der Waals surface area contributed by atoms with Crippen molar-refractivity contribution >= 4 is 11.6 Å². The highest BCUT2D eigenvalue weighted by molar-refractivity contribution is 6.32. The number of nitrogens with two attached hydrogens (primary N) is 1. The molecule has 0 aromatic heterocycles. The van der Waals surface area contributed by atoms with E-state index in [1.807, 2.05) is 18.2 Å². The Labute approximate surface area is 127 Å². The Morgan fingerprint density at radius 2 is 2.00 bits per heavy atom. The van der Waals surface area contributed by atoms with E-state index in [0.29, 0.717) is 24.0 Å².